The van der Waals surface area contributed by atoms with E-state index >= 15 is 0 Å². The highest BCUT2D eigenvalue weighted by Gasteiger charge is 2.42. The Bertz CT molecular complexity index is 2080. The van der Waals surface area contributed by atoms with Crippen molar-refractivity contribution in [2.45, 2.75) is 25.2 Å². The van der Waals surface area contributed by atoms with Crippen LogP contribution in [0, 0.1) is 0 Å². The number of aromatic nitrogens is 6. The normalized spacial score (nSPS) is 17.6. The summed E-state index contributed by atoms with van der Waals surface area (Å²) in [5.74, 6) is -0.133. The van der Waals surface area contributed by atoms with Crippen molar-refractivity contribution in [1.82, 2.24) is 27.9 Å². The highest BCUT2D eigenvalue weighted by molar-refractivity contribution is 6.30. The van der Waals surface area contributed by atoms with Crippen LogP contribution < -0.4 is 22.8 Å². The van der Waals surface area contributed by atoms with Crippen LogP contribution >= 0.6 is 11.6 Å². The van der Waals surface area contributed by atoms with E-state index in [0.717, 1.165) is 9.13 Å². The summed E-state index contributed by atoms with van der Waals surface area (Å²) in [6.45, 7) is -0.0360. The van der Waals surface area contributed by atoms with Gasteiger partial charge in [0.1, 0.15) is 11.8 Å². The van der Waals surface area contributed by atoms with Gasteiger partial charge in [0.15, 0.2) is 0 Å². The Hall–Kier alpha value is -5.03. The molecule has 5 aromatic rings. The molecule has 200 valence electrons. The Balaban J connectivity index is 1.52. The molecule has 0 bridgehead atoms. The zero-order chi connectivity index (χ0) is 27.7. The molecule has 4 heterocycles. The van der Waals surface area contributed by atoms with Gasteiger partial charge in [-0.25, -0.2) is 47.0 Å². The maximum absolute atomic E-state index is 13.9. The third kappa shape index (κ3) is 3.31. The molecule has 2 unspecified atom stereocenters. The molecule has 0 spiro atoms. The van der Waals surface area contributed by atoms with Crippen molar-refractivity contribution in [3.05, 3.63) is 143 Å². The number of hydrogen-bond donors (Lipinski definition) is 1. The topological polar surface area (TPSA) is 118 Å². The molecule has 7 rings (SSSR count). The van der Waals surface area contributed by atoms with Gasteiger partial charge in [-0.05, 0) is 48.0 Å². The van der Waals surface area contributed by atoms with Crippen LogP contribution in [0.25, 0.3) is 11.4 Å². The number of hydrogen-bond acceptors (Lipinski definition) is 5. The van der Waals surface area contributed by atoms with Crippen LogP contribution in [-0.2, 0) is 13.1 Å². The summed E-state index contributed by atoms with van der Waals surface area (Å²) in [6.07, 6.45) is 1.77. The molecule has 0 aliphatic carbocycles. The Morgan fingerprint density at radius 3 is 1.90 bits per heavy atom. The molecule has 0 saturated heterocycles. The smallest absolute Gasteiger partial charge is 0.352 e. The zero-order valence-electron chi connectivity index (χ0n) is 20.8. The molecule has 2 aromatic heterocycles. The van der Waals surface area contributed by atoms with Gasteiger partial charge >= 0.3 is 22.8 Å². The van der Waals surface area contributed by atoms with Gasteiger partial charge in [0.05, 0.1) is 30.5 Å². The second-order valence-corrected chi connectivity index (χ2v) is 10.1. The van der Waals surface area contributed by atoms with Gasteiger partial charge in [0.2, 0.25) is 0 Å². The van der Waals surface area contributed by atoms with Gasteiger partial charge in [-0.15, -0.1) is 0 Å². The van der Waals surface area contributed by atoms with Gasteiger partial charge in [0, 0.05) is 10.6 Å². The highest BCUT2D eigenvalue weighted by atomic mass is 35.5. The van der Waals surface area contributed by atoms with Crippen LogP contribution in [0.2, 0.25) is 5.02 Å². The van der Waals surface area contributed by atoms with E-state index in [9.17, 15) is 24.3 Å². The minimum Gasteiger partial charge on any atom is -0.508 e. The molecule has 40 heavy (non-hydrogen) atoms. The first-order valence-electron chi connectivity index (χ1n) is 12.5. The maximum atomic E-state index is 13.9. The molecule has 0 fully saturated rings. The zero-order valence-corrected chi connectivity index (χ0v) is 21.5. The summed E-state index contributed by atoms with van der Waals surface area (Å²) in [4.78, 5) is 54.8. The predicted octanol–water partition coefficient (Wildman–Crippen LogP) is 2.06. The standard InChI is InChI=1S/C28H21ClN6O5/c29-17-11-12-23(36)21(15-17)24-20-13-14-30-25(37)32(18-7-3-1-4-8-18)27(39)34(30)22(20)16-31-26(38)33(28(40)35(24)31)19-9-5-2-6-10-19/h1-13,15,22,24,36H,14,16H2. The van der Waals surface area contributed by atoms with Gasteiger partial charge in [-0.3, -0.25) is 0 Å². The molecule has 11 nitrogen and oxygen atoms in total. The van der Waals surface area contributed by atoms with Crippen molar-refractivity contribution in [1.29, 1.82) is 0 Å². The molecule has 3 aromatic carbocycles. The van der Waals surface area contributed by atoms with E-state index in [1.165, 1.54) is 36.9 Å². The Labute approximate surface area is 229 Å². The van der Waals surface area contributed by atoms with Crippen molar-refractivity contribution in [3.8, 4) is 17.1 Å². The van der Waals surface area contributed by atoms with E-state index in [1.807, 2.05) is 0 Å². The van der Waals surface area contributed by atoms with Crippen molar-refractivity contribution in [2.75, 3.05) is 0 Å². The fraction of sp³-hybridized carbons (Fsp3) is 0.143. The summed E-state index contributed by atoms with van der Waals surface area (Å²) in [5, 5.41) is 11.2. The molecule has 2 atom stereocenters. The summed E-state index contributed by atoms with van der Waals surface area (Å²) in [6, 6.07) is 19.8. The summed E-state index contributed by atoms with van der Waals surface area (Å²) in [5.41, 5.74) is -0.667. The summed E-state index contributed by atoms with van der Waals surface area (Å²) >= 11 is 6.31. The van der Waals surface area contributed by atoms with E-state index < -0.39 is 34.8 Å². The molecule has 12 heteroatoms. The molecule has 2 aliphatic rings. The van der Waals surface area contributed by atoms with E-state index in [0.29, 0.717) is 22.0 Å². The first-order valence-corrected chi connectivity index (χ1v) is 12.9. The summed E-state index contributed by atoms with van der Waals surface area (Å²) < 4.78 is 7.34. The second-order valence-electron chi connectivity index (χ2n) is 9.65. The van der Waals surface area contributed by atoms with Crippen LogP contribution in [0.3, 0.4) is 0 Å². The lowest BCUT2D eigenvalue weighted by Crippen LogP contribution is -2.47. The van der Waals surface area contributed by atoms with E-state index in [1.54, 1.807) is 66.7 Å². The lowest BCUT2D eigenvalue weighted by atomic mass is 9.90. The fourth-order valence-corrected chi connectivity index (χ4v) is 5.96. The number of nitrogens with zero attached hydrogens (tertiary/aromatic N) is 6. The third-order valence-corrected chi connectivity index (χ3v) is 7.75. The first-order chi connectivity index (χ1) is 19.4. The molecule has 0 saturated carbocycles. The quantitative estimate of drug-likeness (QED) is 0.341. The molecular weight excluding hydrogens is 536 g/mol. The Morgan fingerprint density at radius 2 is 1.27 bits per heavy atom. The largest absolute Gasteiger partial charge is 0.508 e. The Morgan fingerprint density at radius 1 is 0.700 bits per heavy atom. The number of benzene rings is 3. The predicted molar refractivity (Wildman–Crippen MR) is 147 cm³/mol. The Kier molecular flexibility index (Phi) is 5.26. The number of halogens is 1. The average Bonchev–Trinajstić information content (AvgIpc) is 3.38. The van der Waals surface area contributed by atoms with Crippen molar-refractivity contribution in [3.63, 3.8) is 0 Å². The van der Waals surface area contributed by atoms with Gasteiger partial charge in [-0.2, -0.15) is 0 Å². The van der Waals surface area contributed by atoms with Crippen LogP contribution in [0.5, 0.6) is 5.75 Å². The van der Waals surface area contributed by atoms with Crippen molar-refractivity contribution < 1.29 is 5.11 Å². The number of aromatic hydroxyl groups is 1. The SMILES string of the molecule is O=c1n(-c2ccccc2)c(=O)n2n1CC=C1C2Cn2c(=O)n(-c3ccccc3)c(=O)n2C1c1cc(Cl)ccc1O. The molecule has 2 aliphatic heterocycles. The molecule has 1 N–H and O–H groups in total. The number of rotatable bonds is 3. The monoisotopic (exact) mass is 556 g/mol. The minimum atomic E-state index is -0.974. The van der Waals surface area contributed by atoms with Crippen LogP contribution in [-0.4, -0.2) is 33.0 Å². The number of para-hydroxylation sites is 2. The molecule has 0 amide bonds. The molecular formula is C28H21ClN6O5. The molecule has 0 radical (unpaired) electrons. The third-order valence-electron chi connectivity index (χ3n) is 7.52. The van der Waals surface area contributed by atoms with Gasteiger partial charge in [0.25, 0.3) is 0 Å². The summed E-state index contributed by atoms with van der Waals surface area (Å²) in [7, 11) is 0. The van der Waals surface area contributed by atoms with Crippen molar-refractivity contribution in [2.24, 2.45) is 0 Å². The minimum absolute atomic E-state index is 0.0515. The van der Waals surface area contributed by atoms with Crippen molar-refractivity contribution >= 4 is 11.6 Å². The lowest BCUT2D eigenvalue weighted by Gasteiger charge is -2.37. The number of allylic oxidation sites excluding steroid dienone is 2. The van der Waals surface area contributed by atoms with Crippen LogP contribution in [0.1, 0.15) is 17.6 Å². The number of fused-ring (bicyclic) bond motifs is 4. The van der Waals surface area contributed by atoms with E-state index in [-0.39, 0.29) is 24.4 Å². The number of phenols is 1. The first kappa shape index (κ1) is 24.0. The number of phenolic OH excluding ortho intramolecular Hbond substituents is 1. The van der Waals surface area contributed by atoms with Crippen LogP contribution in [0.4, 0.5) is 0 Å². The van der Waals surface area contributed by atoms with E-state index in [2.05, 4.69) is 0 Å². The average molecular weight is 557 g/mol. The second kappa shape index (κ2) is 8.75. The highest BCUT2D eigenvalue weighted by Crippen LogP contribution is 2.42. The maximum Gasteiger partial charge on any atom is 0.352 e. The van der Waals surface area contributed by atoms with Crippen LogP contribution in [0.15, 0.2) is 110 Å². The van der Waals surface area contributed by atoms with E-state index in [4.69, 9.17) is 11.6 Å². The van der Waals surface area contributed by atoms with Gasteiger partial charge in [-0.1, -0.05) is 54.1 Å². The van der Waals surface area contributed by atoms with Gasteiger partial charge < -0.3 is 5.11 Å². The lowest BCUT2D eigenvalue weighted by molar-refractivity contribution is 0.244. The fourth-order valence-electron chi connectivity index (χ4n) is 5.78.